The lowest BCUT2D eigenvalue weighted by Gasteiger charge is -2.25. The number of likely N-dealkylation sites (tertiary alicyclic amines) is 1. The molecular formula is C25H31FN2O3. The summed E-state index contributed by atoms with van der Waals surface area (Å²) in [7, 11) is 0. The zero-order valence-electron chi connectivity index (χ0n) is 18.1. The van der Waals surface area contributed by atoms with E-state index in [-0.39, 0.29) is 17.8 Å². The second-order valence-corrected chi connectivity index (χ2v) is 8.44. The van der Waals surface area contributed by atoms with Crippen LogP contribution in [0.2, 0.25) is 0 Å². The van der Waals surface area contributed by atoms with Gasteiger partial charge in [-0.1, -0.05) is 0 Å². The van der Waals surface area contributed by atoms with E-state index in [1.54, 1.807) is 12.1 Å². The van der Waals surface area contributed by atoms with Gasteiger partial charge in [-0.2, -0.15) is 0 Å². The van der Waals surface area contributed by atoms with E-state index < -0.39 is 0 Å². The molecule has 2 aliphatic rings. The van der Waals surface area contributed by atoms with Crippen molar-refractivity contribution in [1.82, 2.24) is 4.90 Å². The molecule has 2 unspecified atom stereocenters. The quantitative estimate of drug-likeness (QED) is 0.547. The van der Waals surface area contributed by atoms with Crippen molar-refractivity contribution in [2.45, 2.75) is 51.1 Å². The first-order valence-corrected chi connectivity index (χ1v) is 11.3. The lowest BCUT2D eigenvalue weighted by Crippen LogP contribution is -2.37. The van der Waals surface area contributed by atoms with E-state index in [0.717, 1.165) is 30.8 Å². The summed E-state index contributed by atoms with van der Waals surface area (Å²) < 4.78 is 24.8. The fraction of sp³-hybridized carbons (Fsp3) is 0.480. The van der Waals surface area contributed by atoms with Crippen LogP contribution < -0.4 is 14.4 Å². The molecule has 2 atom stereocenters. The van der Waals surface area contributed by atoms with Crippen LogP contribution in [0.15, 0.2) is 48.5 Å². The fourth-order valence-corrected chi connectivity index (χ4v) is 4.46. The van der Waals surface area contributed by atoms with Gasteiger partial charge in [-0.3, -0.25) is 4.79 Å². The molecule has 0 saturated carbocycles. The van der Waals surface area contributed by atoms with E-state index >= 15 is 0 Å². The molecule has 0 radical (unpaired) electrons. The molecular weight excluding hydrogens is 395 g/mol. The first kappa shape index (κ1) is 21.6. The molecule has 2 aromatic rings. The van der Waals surface area contributed by atoms with Crippen LogP contribution in [0.5, 0.6) is 11.5 Å². The summed E-state index contributed by atoms with van der Waals surface area (Å²) in [6, 6.07) is 14.3. The highest BCUT2D eigenvalue weighted by Gasteiger charge is 2.32. The molecule has 0 bridgehead atoms. The lowest BCUT2D eigenvalue weighted by atomic mass is 10.2. The van der Waals surface area contributed by atoms with Crippen LogP contribution in [0.25, 0.3) is 0 Å². The Bertz CT molecular complexity index is 856. The Morgan fingerprint density at radius 3 is 2.42 bits per heavy atom. The Labute approximate surface area is 183 Å². The van der Waals surface area contributed by atoms with Crippen LogP contribution >= 0.6 is 0 Å². The number of halogens is 1. The summed E-state index contributed by atoms with van der Waals surface area (Å²) in [5.74, 6) is 1.23. The van der Waals surface area contributed by atoms with Gasteiger partial charge in [0.2, 0.25) is 5.91 Å². The molecule has 6 heteroatoms. The van der Waals surface area contributed by atoms with Crippen molar-refractivity contribution in [2.75, 3.05) is 31.2 Å². The molecule has 0 N–H and O–H groups in total. The molecule has 0 aromatic heterocycles. The molecule has 1 amide bonds. The largest absolute Gasteiger partial charge is 0.494 e. The predicted octanol–water partition coefficient (Wildman–Crippen LogP) is 4.65. The number of carbonyl (C=O) groups is 1. The number of hydrogen-bond acceptors (Lipinski definition) is 4. The van der Waals surface area contributed by atoms with Crippen molar-refractivity contribution in [2.24, 2.45) is 0 Å². The second-order valence-electron chi connectivity index (χ2n) is 8.44. The van der Waals surface area contributed by atoms with Gasteiger partial charge in [0.1, 0.15) is 23.9 Å². The molecule has 31 heavy (non-hydrogen) atoms. The molecule has 2 aromatic carbocycles. The summed E-state index contributed by atoms with van der Waals surface area (Å²) in [4.78, 5) is 16.8. The lowest BCUT2D eigenvalue weighted by molar-refractivity contribution is -0.117. The molecule has 166 valence electrons. The Morgan fingerprint density at radius 2 is 1.71 bits per heavy atom. The molecule has 5 nitrogen and oxygen atoms in total. The van der Waals surface area contributed by atoms with Gasteiger partial charge in [-0.25, -0.2) is 4.39 Å². The Morgan fingerprint density at radius 1 is 1.00 bits per heavy atom. The standard InChI is InChI=1S/C25H31FN2O3/c1-19-4-2-15-27(19)16-3-17-30-23-12-7-21(8-13-23)28-22(9-14-25(28)29)18-31-24-10-5-20(26)6-11-24/h5-8,10-13,19,22H,2-4,9,14-18H2,1H3. The molecule has 0 aliphatic carbocycles. The van der Waals surface area contributed by atoms with Gasteiger partial charge in [0.15, 0.2) is 0 Å². The Balaban J connectivity index is 1.28. The summed E-state index contributed by atoms with van der Waals surface area (Å²) in [5.41, 5.74) is 0.855. The molecule has 2 aliphatic heterocycles. The number of hydrogen-bond donors (Lipinski definition) is 0. The number of benzene rings is 2. The average Bonchev–Trinajstić information content (AvgIpc) is 3.36. The van der Waals surface area contributed by atoms with Gasteiger partial charge < -0.3 is 19.3 Å². The third-order valence-corrected chi connectivity index (χ3v) is 6.25. The van der Waals surface area contributed by atoms with Crippen LogP contribution in [0.3, 0.4) is 0 Å². The fourth-order valence-electron chi connectivity index (χ4n) is 4.46. The first-order chi connectivity index (χ1) is 15.1. The van der Waals surface area contributed by atoms with Gasteiger partial charge in [-0.15, -0.1) is 0 Å². The smallest absolute Gasteiger partial charge is 0.227 e. The van der Waals surface area contributed by atoms with E-state index in [2.05, 4.69) is 11.8 Å². The minimum atomic E-state index is -0.294. The maximum Gasteiger partial charge on any atom is 0.227 e. The topological polar surface area (TPSA) is 42.0 Å². The van der Waals surface area contributed by atoms with E-state index in [1.807, 2.05) is 29.2 Å². The maximum absolute atomic E-state index is 13.1. The number of anilines is 1. The molecule has 0 spiro atoms. The predicted molar refractivity (Wildman–Crippen MR) is 119 cm³/mol. The van der Waals surface area contributed by atoms with E-state index in [9.17, 15) is 9.18 Å². The van der Waals surface area contributed by atoms with Crippen molar-refractivity contribution in [3.05, 3.63) is 54.3 Å². The highest BCUT2D eigenvalue weighted by Crippen LogP contribution is 2.29. The van der Waals surface area contributed by atoms with Crippen molar-refractivity contribution in [1.29, 1.82) is 0 Å². The summed E-state index contributed by atoms with van der Waals surface area (Å²) in [5, 5.41) is 0. The van der Waals surface area contributed by atoms with Gasteiger partial charge in [0.05, 0.1) is 12.6 Å². The van der Waals surface area contributed by atoms with Crippen molar-refractivity contribution in [3.8, 4) is 11.5 Å². The number of amides is 1. The third kappa shape index (κ3) is 5.56. The van der Waals surface area contributed by atoms with Gasteiger partial charge in [-0.05, 0) is 87.7 Å². The van der Waals surface area contributed by atoms with Gasteiger partial charge in [0, 0.05) is 24.7 Å². The minimum Gasteiger partial charge on any atom is -0.494 e. The van der Waals surface area contributed by atoms with Crippen LogP contribution in [0, 0.1) is 5.82 Å². The zero-order valence-corrected chi connectivity index (χ0v) is 18.1. The van der Waals surface area contributed by atoms with Crippen LogP contribution in [0.4, 0.5) is 10.1 Å². The number of rotatable bonds is 9. The number of ether oxygens (including phenoxy) is 2. The SMILES string of the molecule is CC1CCCN1CCCOc1ccc(N2C(=O)CCC2COc2ccc(F)cc2)cc1. The molecule has 2 saturated heterocycles. The molecule has 2 heterocycles. The summed E-state index contributed by atoms with van der Waals surface area (Å²) in [6.07, 6.45) is 4.86. The minimum absolute atomic E-state index is 0.0354. The third-order valence-electron chi connectivity index (χ3n) is 6.25. The van der Waals surface area contributed by atoms with Crippen molar-refractivity contribution >= 4 is 11.6 Å². The zero-order chi connectivity index (χ0) is 21.6. The summed E-state index contributed by atoms with van der Waals surface area (Å²) in [6.45, 7) is 5.65. The number of carbonyl (C=O) groups excluding carboxylic acids is 1. The molecule has 2 fully saturated rings. The van der Waals surface area contributed by atoms with E-state index in [1.165, 1.54) is 31.5 Å². The van der Waals surface area contributed by atoms with Crippen LogP contribution in [-0.2, 0) is 4.79 Å². The Hall–Kier alpha value is -2.60. The monoisotopic (exact) mass is 426 g/mol. The number of nitrogens with zero attached hydrogens (tertiary/aromatic N) is 2. The van der Waals surface area contributed by atoms with Crippen LogP contribution in [0.1, 0.15) is 39.0 Å². The maximum atomic E-state index is 13.1. The Kier molecular flexibility index (Phi) is 7.07. The van der Waals surface area contributed by atoms with E-state index in [4.69, 9.17) is 9.47 Å². The normalized spacial score (nSPS) is 21.6. The highest BCUT2D eigenvalue weighted by atomic mass is 19.1. The molecule has 4 rings (SSSR count). The van der Waals surface area contributed by atoms with Crippen molar-refractivity contribution < 1.29 is 18.7 Å². The van der Waals surface area contributed by atoms with Gasteiger partial charge >= 0.3 is 0 Å². The highest BCUT2D eigenvalue weighted by molar-refractivity contribution is 5.96. The first-order valence-electron chi connectivity index (χ1n) is 11.3. The second kappa shape index (κ2) is 10.1. The van der Waals surface area contributed by atoms with Crippen molar-refractivity contribution in [3.63, 3.8) is 0 Å². The average molecular weight is 427 g/mol. The van der Waals surface area contributed by atoms with Crippen LogP contribution in [-0.4, -0.2) is 49.2 Å². The summed E-state index contributed by atoms with van der Waals surface area (Å²) >= 11 is 0. The van der Waals surface area contributed by atoms with E-state index in [0.29, 0.717) is 31.4 Å². The van der Waals surface area contributed by atoms with Gasteiger partial charge in [0.25, 0.3) is 0 Å².